The molecule has 1 aromatic rings. The molecule has 1 atom stereocenters. The Morgan fingerprint density at radius 2 is 2.16 bits per heavy atom. The number of carbonyl (C=O) groups is 1. The smallest absolute Gasteiger partial charge is 0.230 e. The summed E-state index contributed by atoms with van der Waals surface area (Å²) in [6.45, 7) is 6.69. The number of benzene rings is 1. The lowest BCUT2D eigenvalue weighted by molar-refractivity contribution is -0.140. The molecule has 104 valence electrons. The van der Waals surface area contributed by atoms with Gasteiger partial charge in [0, 0.05) is 20.1 Å². The number of rotatable bonds is 4. The molecule has 0 aromatic heterocycles. The molecule has 3 nitrogen and oxygen atoms in total. The van der Waals surface area contributed by atoms with Crippen LogP contribution < -0.4 is 5.32 Å². The highest BCUT2D eigenvalue weighted by Crippen LogP contribution is 2.31. The van der Waals surface area contributed by atoms with Crippen molar-refractivity contribution in [1.82, 2.24) is 10.2 Å². The topological polar surface area (TPSA) is 32.3 Å². The van der Waals surface area contributed by atoms with Gasteiger partial charge in [0.05, 0.1) is 5.41 Å². The summed E-state index contributed by atoms with van der Waals surface area (Å²) in [4.78, 5) is 14.6. The van der Waals surface area contributed by atoms with Crippen LogP contribution in [0.5, 0.6) is 0 Å². The Bertz CT molecular complexity index is 450. The van der Waals surface area contributed by atoms with E-state index in [9.17, 15) is 4.79 Å². The molecule has 1 amide bonds. The second-order valence-electron chi connectivity index (χ2n) is 5.65. The number of carbonyl (C=O) groups excluding carboxylic acids is 1. The van der Waals surface area contributed by atoms with Crippen LogP contribution in [0, 0.1) is 12.3 Å². The first-order valence-corrected chi connectivity index (χ1v) is 7.10. The quantitative estimate of drug-likeness (QED) is 0.901. The minimum Gasteiger partial charge on any atom is -0.341 e. The van der Waals surface area contributed by atoms with E-state index >= 15 is 0 Å². The fourth-order valence-corrected chi connectivity index (χ4v) is 2.90. The van der Waals surface area contributed by atoms with Crippen LogP contribution >= 0.6 is 0 Å². The molecule has 0 saturated carbocycles. The third-order valence-electron chi connectivity index (χ3n) is 4.39. The lowest BCUT2D eigenvalue weighted by Gasteiger charge is -2.31. The molecule has 1 unspecified atom stereocenters. The summed E-state index contributed by atoms with van der Waals surface area (Å²) in [7, 11) is 1.92. The predicted octanol–water partition coefficient (Wildman–Crippen LogP) is 2.34. The molecule has 19 heavy (non-hydrogen) atoms. The lowest BCUT2D eigenvalue weighted by Crippen LogP contribution is -2.42. The van der Waals surface area contributed by atoms with Gasteiger partial charge in [-0.05, 0) is 37.4 Å². The average molecular weight is 260 g/mol. The number of amides is 1. The van der Waals surface area contributed by atoms with Gasteiger partial charge in [0.25, 0.3) is 0 Å². The van der Waals surface area contributed by atoms with Crippen LogP contribution in [0.3, 0.4) is 0 Å². The van der Waals surface area contributed by atoms with Crippen LogP contribution in [-0.4, -0.2) is 30.9 Å². The maximum Gasteiger partial charge on any atom is 0.230 e. The normalized spacial score (nSPS) is 22.5. The van der Waals surface area contributed by atoms with Crippen molar-refractivity contribution in [3.63, 3.8) is 0 Å². The molecule has 0 radical (unpaired) electrons. The zero-order chi connectivity index (χ0) is 13.9. The van der Waals surface area contributed by atoms with E-state index < -0.39 is 0 Å². The van der Waals surface area contributed by atoms with Crippen LogP contribution in [0.2, 0.25) is 0 Å². The van der Waals surface area contributed by atoms with Crippen molar-refractivity contribution in [2.75, 3.05) is 20.1 Å². The van der Waals surface area contributed by atoms with Gasteiger partial charge >= 0.3 is 0 Å². The molecule has 0 spiro atoms. The fraction of sp³-hybridized carbons (Fsp3) is 0.562. The zero-order valence-electron chi connectivity index (χ0n) is 12.2. The Labute approximate surface area is 116 Å². The van der Waals surface area contributed by atoms with Crippen LogP contribution in [-0.2, 0) is 11.3 Å². The third kappa shape index (κ3) is 2.81. The second kappa shape index (κ2) is 5.74. The van der Waals surface area contributed by atoms with E-state index in [1.165, 1.54) is 11.1 Å². The molecule has 1 aromatic carbocycles. The Kier molecular flexibility index (Phi) is 4.25. The molecule has 0 aliphatic carbocycles. The van der Waals surface area contributed by atoms with E-state index in [1.807, 2.05) is 24.1 Å². The molecule has 1 heterocycles. The van der Waals surface area contributed by atoms with Crippen molar-refractivity contribution in [2.45, 2.75) is 33.2 Å². The highest BCUT2D eigenvalue weighted by Gasteiger charge is 2.41. The van der Waals surface area contributed by atoms with Gasteiger partial charge in [-0.25, -0.2) is 0 Å². The molecule has 2 rings (SSSR count). The van der Waals surface area contributed by atoms with Crippen molar-refractivity contribution < 1.29 is 4.79 Å². The standard InChI is InChI=1S/C16H24N2O/c1-4-16(9-10-17-12-16)15(19)18(3)11-14-8-6-5-7-13(14)2/h5-8,17H,4,9-12H2,1-3H3. The molecule has 1 fully saturated rings. The molecule has 1 saturated heterocycles. The van der Waals surface area contributed by atoms with Gasteiger partial charge in [-0.15, -0.1) is 0 Å². The summed E-state index contributed by atoms with van der Waals surface area (Å²) < 4.78 is 0. The first-order chi connectivity index (χ1) is 9.09. The summed E-state index contributed by atoms with van der Waals surface area (Å²) in [6, 6.07) is 8.27. The Morgan fingerprint density at radius 3 is 2.74 bits per heavy atom. The molecular formula is C16H24N2O. The minimum absolute atomic E-state index is 0.183. The minimum atomic E-state index is -0.183. The number of hydrogen-bond donors (Lipinski definition) is 1. The van der Waals surface area contributed by atoms with Gasteiger partial charge < -0.3 is 10.2 Å². The third-order valence-corrected chi connectivity index (χ3v) is 4.39. The first-order valence-electron chi connectivity index (χ1n) is 7.10. The highest BCUT2D eigenvalue weighted by molar-refractivity contribution is 5.83. The molecular weight excluding hydrogens is 236 g/mol. The Morgan fingerprint density at radius 1 is 1.42 bits per heavy atom. The van der Waals surface area contributed by atoms with E-state index in [-0.39, 0.29) is 11.3 Å². The lowest BCUT2D eigenvalue weighted by atomic mass is 9.82. The summed E-state index contributed by atoms with van der Waals surface area (Å²) in [5.41, 5.74) is 2.30. The fourth-order valence-electron chi connectivity index (χ4n) is 2.90. The maximum absolute atomic E-state index is 12.7. The predicted molar refractivity (Wildman–Crippen MR) is 77.9 cm³/mol. The van der Waals surface area contributed by atoms with Gasteiger partial charge in [0.1, 0.15) is 0 Å². The zero-order valence-corrected chi connectivity index (χ0v) is 12.2. The summed E-state index contributed by atoms with van der Waals surface area (Å²) in [5, 5.41) is 3.33. The van der Waals surface area contributed by atoms with Crippen LogP contribution in [0.25, 0.3) is 0 Å². The molecule has 1 N–H and O–H groups in total. The molecule has 1 aliphatic heterocycles. The van der Waals surface area contributed by atoms with Crippen molar-refractivity contribution in [1.29, 1.82) is 0 Å². The number of hydrogen-bond acceptors (Lipinski definition) is 2. The van der Waals surface area contributed by atoms with E-state index in [1.54, 1.807) is 0 Å². The number of aryl methyl sites for hydroxylation is 1. The molecule has 0 bridgehead atoms. The van der Waals surface area contributed by atoms with E-state index in [0.717, 1.165) is 25.9 Å². The van der Waals surface area contributed by atoms with Gasteiger partial charge in [0.15, 0.2) is 0 Å². The molecule has 1 aliphatic rings. The average Bonchev–Trinajstić information content (AvgIpc) is 2.90. The van der Waals surface area contributed by atoms with E-state index in [0.29, 0.717) is 6.54 Å². The summed E-state index contributed by atoms with van der Waals surface area (Å²) in [6.07, 6.45) is 1.87. The van der Waals surface area contributed by atoms with Crippen molar-refractivity contribution in [2.24, 2.45) is 5.41 Å². The monoisotopic (exact) mass is 260 g/mol. The van der Waals surface area contributed by atoms with E-state index in [2.05, 4.69) is 31.3 Å². The maximum atomic E-state index is 12.7. The number of nitrogens with zero attached hydrogens (tertiary/aromatic N) is 1. The van der Waals surface area contributed by atoms with Gasteiger partial charge in [-0.1, -0.05) is 31.2 Å². The largest absolute Gasteiger partial charge is 0.341 e. The van der Waals surface area contributed by atoms with Crippen LogP contribution in [0.4, 0.5) is 0 Å². The summed E-state index contributed by atoms with van der Waals surface area (Å²) in [5.74, 6) is 0.281. The van der Waals surface area contributed by atoms with E-state index in [4.69, 9.17) is 0 Å². The van der Waals surface area contributed by atoms with Crippen molar-refractivity contribution in [3.8, 4) is 0 Å². The van der Waals surface area contributed by atoms with Crippen LogP contribution in [0.1, 0.15) is 30.9 Å². The van der Waals surface area contributed by atoms with Gasteiger partial charge in [0.2, 0.25) is 5.91 Å². The van der Waals surface area contributed by atoms with Gasteiger partial charge in [-0.3, -0.25) is 4.79 Å². The van der Waals surface area contributed by atoms with Crippen LogP contribution in [0.15, 0.2) is 24.3 Å². The van der Waals surface area contributed by atoms with Crippen molar-refractivity contribution in [3.05, 3.63) is 35.4 Å². The second-order valence-corrected chi connectivity index (χ2v) is 5.65. The Hall–Kier alpha value is -1.35. The molecule has 3 heteroatoms. The first kappa shape index (κ1) is 14.1. The highest BCUT2D eigenvalue weighted by atomic mass is 16.2. The SMILES string of the molecule is CCC1(C(=O)N(C)Cc2ccccc2C)CCNC1. The summed E-state index contributed by atoms with van der Waals surface area (Å²) >= 11 is 0. The van der Waals surface area contributed by atoms with Gasteiger partial charge in [-0.2, -0.15) is 0 Å². The number of nitrogens with one attached hydrogen (secondary N) is 1. The van der Waals surface area contributed by atoms with Crippen molar-refractivity contribution >= 4 is 5.91 Å². The Balaban J connectivity index is 2.09.